The van der Waals surface area contributed by atoms with Gasteiger partial charge in [-0.15, -0.1) is 0 Å². The van der Waals surface area contributed by atoms with E-state index < -0.39 is 0 Å². The van der Waals surface area contributed by atoms with Crippen molar-refractivity contribution in [3.05, 3.63) is 18.1 Å². The summed E-state index contributed by atoms with van der Waals surface area (Å²) in [6.07, 6.45) is 7.88. The molecule has 142 valence electrons. The standard InChI is InChI=1S/C20H31N5O/c1-15-11-20(22-14-21-15)25(18-3-4-18)19-6-8-23(9-7-19)12-17-5-10-24(13-17)16(2)26/h11,14,17-19H,3-10,12-13H2,1-2H3. The molecule has 1 aromatic rings. The third-order valence-electron chi connectivity index (χ3n) is 6.19. The fourth-order valence-corrected chi connectivity index (χ4v) is 4.62. The molecule has 0 aromatic carbocycles. The van der Waals surface area contributed by atoms with Crippen LogP contribution in [0.2, 0.25) is 0 Å². The van der Waals surface area contributed by atoms with Crippen molar-refractivity contribution >= 4 is 11.7 Å². The summed E-state index contributed by atoms with van der Waals surface area (Å²) in [5.74, 6) is 2.00. The van der Waals surface area contributed by atoms with Crippen LogP contribution in [0.15, 0.2) is 12.4 Å². The topological polar surface area (TPSA) is 52.6 Å². The molecule has 0 radical (unpaired) electrons. The number of anilines is 1. The van der Waals surface area contributed by atoms with Gasteiger partial charge in [0.15, 0.2) is 0 Å². The molecular formula is C20H31N5O. The zero-order chi connectivity index (χ0) is 18.1. The first-order chi connectivity index (χ1) is 12.6. The smallest absolute Gasteiger partial charge is 0.219 e. The van der Waals surface area contributed by atoms with Gasteiger partial charge in [0.25, 0.3) is 0 Å². The molecule has 0 bridgehead atoms. The largest absolute Gasteiger partial charge is 0.350 e. The first-order valence-corrected chi connectivity index (χ1v) is 10.1. The minimum Gasteiger partial charge on any atom is -0.350 e. The van der Waals surface area contributed by atoms with Crippen LogP contribution in [0.4, 0.5) is 5.82 Å². The van der Waals surface area contributed by atoms with Crippen molar-refractivity contribution in [1.29, 1.82) is 0 Å². The molecule has 2 saturated heterocycles. The fourth-order valence-electron chi connectivity index (χ4n) is 4.62. The summed E-state index contributed by atoms with van der Waals surface area (Å²) in [6.45, 7) is 9.10. The third-order valence-corrected chi connectivity index (χ3v) is 6.19. The summed E-state index contributed by atoms with van der Waals surface area (Å²) in [5.41, 5.74) is 1.05. The number of carbonyl (C=O) groups is 1. The molecule has 1 unspecified atom stereocenters. The van der Waals surface area contributed by atoms with Crippen molar-refractivity contribution in [2.24, 2.45) is 5.92 Å². The Labute approximate surface area is 156 Å². The van der Waals surface area contributed by atoms with E-state index in [1.807, 2.05) is 11.8 Å². The molecule has 1 aliphatic carbocycles. The minimum absolute atomic E-state index is 0.228. The molecule has 1 aromatic heterocycles. The Morgan fingerprint density at radius 2 is 1.85 bits per heavy atom. The van der Waals surface area contributed by atoms with Crippen LogP contribution in [0.5, 0.6) is 0 Å². The lowest BCUT2D eigenvalue weighted by atomic mass is 10.0. The van der Waals surface area contributed by atoms with Crippen LogP contribution in [-0.2, 0) is 4.79 Å². The number of carbonyl (C=O) groups excluding carboxylic acids is 1. The summed E-state index contributed by atoms with van der Waals surface area (Å²) in [6, 6.07) is 3.42. The zero-order valence-electron chi connectivity index (χ0n) is 16.1. The predicted octanol–water partition coefficient (Wildman–Crippen LogP) is 2.09. The fraction of sp³-hybridized carbons (Fsp3) is 0.750. The number of nitrogens with zero attached hydrogens (tertiary/aromatic N) is 5. The SMILES string of the molecule is CC(=O)N1CCC(CN2CCC(N(c3cc(C)ncn3)C3CC3)CC2)C1. The third kappa shape index (κ3) is 4.00. The summed E-state index contributed by atoms with van der Waals surface area (Å²) in [7, 11) is 0. The summed E-state index contributed by atoms with van der Waals surface area (Å²) < 4.78 is 0. The van der Waals surface area contributed by atoms with Crippen molar-refractivity contribution in [2.75, 3.05) is 37.6 Å². The highest BCUT2D eigenvalue weighted by molar-refractivity contribution is 5.73. The van der Waals surface area contributed by atoms with Gasteiger partial charge in [-0.05, 0) is 44.9 Å². The van der Waals surface area contributed by atoms with Gasteiger partial charge in [0.05, 0.1) is 0 Å². The highest BCUT2D eigenvalue weighted by Gasteiger charge is 2.37. The lowest BCUT2D eigenvalue weighted by Gasteiger charge is -2.40. The Morgan fingerprint density at radius 3 is 2.46 bits per heavy atom. The van der Waals surface area contributed by atoms with E-state index in [4.69, 9.17) is 0 Å². The maximum absolute atomic E-state index is 11.5. The number of aryl methyl sites for hydroxylation is 1. The molecule has 2 aliphatic heterocycles. The van der Waals surface area contributed by atoms with E-state index in [2.05, 4.69) is 25.8 Å². The molecule has 6 heteroatoms. The number of likely N-dealkylation sites (tertiary alicyclic amines) is 2. The molecule has 26 heavy (non-hydrogen) atoms. The van der Waals surface area contributed by atoms with Crippen LogP contribution < -0.4 is 4.90 Å². The number of hydrogen-bond donors (Lipinski definition) is 0. The van der Waals surface area contributed by atoms with Gasteiger partial charge in [0, 0.05) is 63.5 Å². The average Bonchev–Trinajstić information content (AvgIpc) is 3.34. The van der Waals surface area contributed by atoms with Gasteiger partial charge in [-0.1, -0.05) is 0 Å². The second kappa shape index (κ2) is 7.51. The van der Waals surface area contributed by atoms with Crippen LogP contribution in [0, 0.1) is 12.8 Å². The lowest BCUT2D eigenvalue weighted by Crippen LogP contribution is -2.47. The van der Waals surface area contributed by atoms with Gasteiger partial charge in [0.2, 0.25) is 5.91 Å². The predicted molar refractivity (Wildman–Crippen MR) is 102 cm³/mol. The Hall–Kier alpha value is -1.69. The van der Waals surface area contributed by atoms with Gasteiger partial charge < -0.3 is 14.7 Å². The van der Waals surface area contributed by atoms with E-state index in [9.17, 15) is 4.79 Å². The van der Waals surface area contributed by atoms with Crippen molar-refractivity contribution < 1.29 is 4.79 Å². The first kappa shape index (κ1) is 17.7. The normalized spacial score (nSPS) is 24.8. The Morgan fingerprint density at radius 1 is 1.12 bits per heavy atom. The van der Waals surface area contributed by atoms with Gasteiger partial charge in [-0.2, -0.15) is 0 Å². The summed E-state index contributed by atoms with van der Waals surface area (Å²) in [5, 5.41) is 0. The Bertz CT molecular complexity index is 639. The lowest BCUT2D eigenvalue weighted by molar-refractivity contribution is -0.127. The maximum atomic E-state index is 11.5. The summed E-state index contributed by atoms with van der Waals surface area (Å²) >= 11 is 0. The number of piperidine rings is 1. The molecule has 1 atom stereocenters. The van der Waals surface area contributed by atoms with Crippen LogP contribution in [-0.4, -0.2) is 70.5 Å². The summed E-state index contributed by atoms with van der Waals surface area (Å²) in [4.78, 5) is 27.6. The second-order valence-corrected chi connectivity index (χ2v) is 8.31. The molecular weight excluding hydrogens is 326 g/mol. The number of amides is 1. The van der Waals surface area contributed by atoms with Crippen LogP contribution >= 0.6 is 0 Å². The first-order valence-electron chi connectivity index (χ1n) is 10.1. The van der Waals surface area contributed by atoms with Crippen molar-refractivity contribution in [3.63, 3.8) is 0 Å². The Balaban J connectivity index is 1.32. The van der Waals surface area contributed by atoms with E-state index in [1.54, 1.807) is 13.3 Å². The second-order valence-electron chi connectivity index (χ2n) is 8.31. The molecule has 3 fully saturated rings. The maximum Gasteiger partial charge on any atom is 0.219 e. The number of aromatic nitrogens is 2. The highest BCUT2D eigenvalue weighted by Crippen LogP contribution is 2.35. The average molecular weight is 358 g/mol. The van der Waals surface area contributed by atoms with Crippen molar-refractivity contribution in [3.8, 4) is 0 Å². The molecule has 3 aliphatic rings. The molecule has 6 nitrogen and oxygen atoms in total. The molecule has 1 saturated carbocycles. The molecule has 4 rings (SSSR count). The monoisotopic (exact) mass is 357 g/mol. The van der Waals surface area contributed by atoms with Crippen LogP contribution in [0.25, 0.3) is 0 Å². The van der Waals surface area contributed by atoms with Gasteiger partial charge >= 0.3 is 0 Å². The molecule has 0 N–H and O–H groups in total. The highest BCUT2D eigenvalue weighted by atomic mass is 16.2. The molecule has 1 amide bonds. The van der Waals surface area contributed by atoms with E-state index >= 15 is 0 Å². The zero-order valence-corrected chi connectivity index (χ0v) is 16.1. The van der Waals surface area contributed by atoms with E-state index in [0.29, 0.717) is 18.0 Å². The van der Waals surface area contributed by atoms with Crippen LogP contribution in [0.1, 0.15) is 44.7 Å². The van der Waals surface area contributed by atoms with E-state index in [1.165, 1.54) is 25.7 Å². The van der Waals surface area contributed by atoms with Crippen molar-refractivity contribution in [2.45, 2.75) is 58.0 Å². The molecule has 0 spiro atoms. The number of rotatable bonds is 5. The minimum atomic E-state index is 0.228. The quantitative estimate of drug-likeness (QED) is 0.808. The van der Waals surface area contributed by atoms with Gasteiger partial charge in [-0.25, -0.2) is 9.97 Å². The van der Waals surface area contributed by atoms with Gasteiger partial charge in [-0.3, -0.25) is 4.79 Å². The molecule has 3 heterocycles. The Kier molecular flexibility index (Phi) is 5.11. The van der Waals surface area contributed by atoms with Crippen LogP contribution in [0.3, 0.4) is 0 Å². The number of hydrogen-bond acceptors (Lipinski definition) is 5. The van der Waals surface area contributed by atoms with Crippen molar-refractivity contribution in [1.82, 2.24) is 19.8 Å². The van der Waals surface area contributed by atoms with Gasteiger partial charge in [0.1, 0.15) is 12.1 Å². The van der Waals surface area contributed by atoms with E-state index in [0.717, 1.165) is 50.7 Å². The van der Waals surface area contributed by atoms with E-state index in [-0.39, 0.29) is 5.91 Å².